The Balaban J connectivity index is 2.12. The van der Waals surface area contributed by atoms with Crippen molar-refractivity contribution in [2.24, 2.45) is 0 Å². The molecule has 1 aromatic carbocycles. The Hall–Kier alpha value is -2.47. The third-order valence-electron chi connectivity index (χ3n) is 2.62. The molecule has 19 heavy (non-hydrogen) atoms. The minimum atomic E-state index is -0.473. The molecule has 0 unspecified atom stereocenters. The number of aromatic nitrogens is 1. The van der Waals surface area contributed by atoms with Crippen molar-refractivity contribution in [1.82, 2.24) is 4.98 Å². The molecule has 0 bridgehead atoms. The molecule has 0 spiro atoms. The maximum Gasteiger partial charge on any atom is 0.311 e. The smallest absolute Gasteiger partial charge is 0.311 e. The molecule has 0 saturated heterocycles. The zero-order valence-electron chi connectivity index (χ0n) is 10.1. The van der Waals surface area contributed by atoms with E-state index in [0.29, 0.717) is 6.54 Å². The van der Waals surface area contributed by atoms with Gasteiger partial charge in [-0.3, -0.25) is 10.1 Å². The molecule has 0 aliphatic heterocycles. The van der Waals surface area contributed by atoms with Gasteiger partial charge in [0.15, 0.2) is 0 Å². The summed E-state index contributed by atoms with van der Waals surface area (Å²) in [5.41, 5.74) is 1.67. The molecule has 0 radical (unpaired) electrons. The van der Waals surface area contributed by atoms with Crippen LogP contribution in [0, 0.1) is 10.1 Å². The van der Waals surface area contributed by atoms with Gasteiger partial charge in [-0.05, 0) is 17.2 Å². The number of aliphatic hydroxyl groups is 1. The summed E-state index contributed by atoms with van der Waals surface area (Å²) in [6, 6.07) is 10.3. The van der Waals surface area contributed by atoms with Crippen LogP contribution in [0.25, 0.3) is 0 Å². The minimum Gasteiger partial charge on any atom is -0.392 e. The number of nitrogens with zero attached hydrogens (tertiary/aromatic N) is 2. The average Bonchev–Trinajstić information content (AvgIpc) is 2.45. The first kappa shape index (κ1) is 13.0. The number of rotatable bonds is 5. The van der Waals surface area contributed by atoms with E-state index in [4.69, 9.17) is 5.11 Å². The molecule has 98 valence electrons. The summed E-state index contributed by atoms with van der Waals surface area (Å²) in [5, 5.41) is 22.8. The first-order chi connectivity index (χ1) is 9.20. The van der Waals surface area contributed by atoms with Gasteiger partial charge in [0.2, 0.25) is 5.82 Å². The molecule has 1 heterocycles. The molecular formula is C13H13N3O3. The number of nitrogens with one attached hydrogen (secondary N) is 1. The molecule has 0 saturated carbocycles. The average molecular weight is 259 g/mol. The van der Waals surface area contributed by atoms with Crippen LogP contribution in [-0.4, -0.2) is 15.0 Å². The molecule has 0 fully saturated rings. The van der Waals surface area contributed by atoms with Crippen molar-refractivity contribution in [1.29, 1.82) is 0 Å². The monoisotopic (exact) mass is 259 g/mol. The van der Waals surface area contributed by atoms with Crippen molar-refractivity contribution in [2.75, 3.05) is 5.32 Å². The Kier molecular flexibility index (Phi) is 4.04. The summed E-state index contributed by atoms with van der Waals surface area (Å²) < 4.78 is 0. The second-order valence-electron chi connectivity index (χ2n) is 3.96. The lowest BCUT2D eigenvalue weighted by molar-refractivity contribution is -0.384. The third-order valence-corrected chi connectivity index (χ3v) is 2.62. The number of nitro groups is 1. The SMILES string of the molecule is O=[N+]([O-])c1cccnc1NCc1cccc(CO)c1. The van der Waals surface area contributed by atoms with E-state index in [1.807, 2.05) is 24.3 Å². The van der Waals surface area contributed by atoms with E-state index in [-0.39, 0.29) is 18.1 Å². The maximum absolute atomic E-state index is 10.8. The van der Waals surface area contributed by atoms with Crippen LogP contribution in [0.1, 0.15) is 11.1 Å². The Morgan fingerprint density at radius 1 is 1.26 bits per heavy atom. The summed E-state index contributed by atoms with van der Waals surface area (Å²) in [6.07, 6.45) is 1.50. The van der Waals surface area contributed by atoms with E-state index < -0.39 is 4.92 Å². The highest BCUT2D eigenvalue weighted by Crippen LogP contribution is 2.21. The second kappa shape index (κ2) is 5.92. The number of aliphatic hydroxyl groups excluding tert-OH is 1. The molecule has 1 aromatic heterocycles. The Labute approximate surface area is 109 Å². The summed E-state index contributed by atoms with van der Waals surface area (Å²) in [5.74, 6) is 0.238. The lowest BCUT2D eigenvalue weighted by atomic mass is 10.1. The zero-order chi connectivity index (χ0) is 13.7. The largest absolute Gasteiger partial charge is 0.392 e. The van der Waals surface area contributed by atoms with E-state index in [1.54, 1.807) is 0 Å². The predicted octanol–water partition coefficient (Wildman–Crippen LogP) is 2.09. The summed E-state index contributed by atoms with van der Waals surface area (Å²) in [6.45, 7) is 0.378. The quantitative estimate of drug-likeness (QED) is 0.634. The van der Waals surface area contributed by atoms with Crippen molar-refractivity contribution in [3.05, 3.63) is 63.8 Å². The van der Waals surface area contributed by atoms with Crippen molar-refractivity contribution in [2.45, 2.75) is 13.2 Å². The molecule has 2 N–H and O–H groups in total. The number of anilines is 1. The molecule has 6 heteroatoms. The van der Waals surface area contributed by atoms with E-state index in [0.717, 1.165) is 11.1 Å². The van der Waals surface area contributed by atoms with Crippen LogP contribution in [0.3, 0.4) is 0 Å². The number of hydrogen-bond donors (Lipinski definition) is 2. The molecular weight excluding hydrogens is 246 g/mol. The van der Waals surface area contributed by atoms with Crippen LogP contribution < -0.4 is 5.32 Å². The molecule has 2 rings (SSSR count). The zero-order valence-corrected chi connectivity index (χ0v) is 10.1. The van der Waals surface area contributed by atoms with Gasteiger partial charge in [-0.25, -0.2) is 4.98 Å². The van der Waals surface area contributed by atoms with E-state index in [2.05, 4.69) is 10.3 Å². The normalized spacial score (nSPS) is 10.2. The van der Waals surface area contributed by atoms with Crippen LogP contribution in [0.2, 0.25) is 0 Å². The van der Waals surface area contributed by atoms with Crippen molar-refractivity contribution in [3.8, 4) is 0 Å². The topological polar surface area (TPSA) is 88.3 Å². The van der Waals surface area contributed by atoms with Gasteiger partial charge in [0.1, 0.15) is 0 Å². The molecule has 0 atom stereocenters. The summed E-state index contributed by atoms with van der Waals surface area (Å²) >= 11 is 0. The number of pyridine rings is 1. The molecule has 2 aromatic rings. The maximum atomic E-state index is 10.8. The van der Waals surface area contributed by atoms with Gasteiger partial charge in [-0.1, -0.05) is 24.3 Å². The van der Waals surface area contributed by atoms with Crippen molar-refractivity contribution < 1.29 is 10.0 Å². The van der Waals surface area contributed by atoms with E-state index >= 15 is 0 Å². The standard InChI is InChI=1S/C13H13N3O3/c17-9-11-4-1-3-10(7-11)8-15-13-12(16(18)19)5-2-6-14-13/h1-7,17H,8-9H2,(H,14,15). The first-order valence-corrected chi connectivity index (χ1v) is 5.72. The van der Waals surface area contributed by atoms with Crippen LogP contribution in [-0.2, 0) is 13.2 Å². The predicted molar refractivity (Wildman–Crippen MR) is 70.6 cm³/mol. The van der Waals surface area contributed by atoms with Gasteiger partial charge in [0, 0.05) is 18.8 Å². The third kappa shape index (κ3) is 3.26. The lowest BCUT2D eigenvalue weighted by Gasteiger charge is -2.07. The van der Waals surface area contributed by atoms with Gasteiger partial charge in [-0.2, -0.15) is 0 Å². The van der Waals surface area contributed by atoms with E-state index in [9.17, 15) is 10.1 Å². The second-order valence-corrected chi connectivity index (χ2v) is 3.96. The van der Waals surface area contributed by atoms with E-state index in [1.165, 1.54) is 18.3 Å². The van der Waals surface area contributed by atoms with Crippen LogP contribution >= 0.6 is 0 Å². The summed E-state index contributed by atoms with van der Waals surface area (Å²) in [7, 11) is 0. The fourth-order valence-corrected chi connectivity index (χ4v) is 1.70. The van der Waals surface area contributed by atoms with Gasteiger partial charge in [0.25, 0.3) is 0 Å². The molecule has 0 aliphatic carbocycles. The van der Waals surface area contributed by atoms with Crippen molar-refractivity contribution >= 4 is 11.5 Å². The Morgan fingerprint density at radius 2 is 2.05 bits per heavy atom. The highest BCUT2D eigenvalue weighted by Gasteiger charge is 2.13. The molecule has 0 amide bonds. The van der Waals surface area contributed by atoms with Crippen LogP contribution in [0.4, 0.5) is 11.5 Å². The molecule has 6 nitrogen and oxygen atoms in total. The Morgan fingerprint density at radius 3 is 2.79 bits per heavy atom. The Bertz CT molecular complexity index is 587. The van der Waals surface area contributed by atoms with Gasteiger partial charge in [0.05, 0.1) is 11.5 Å². The first-order valence-electron chi connectivity index (χ1n) is 5.72. The fourth-order valence-electron chi connectivity index (χ4n) is 1.70. The van der Waals surface area contributed by atoms with Crippen LogP contribution in [0.15, 0.2) is 42.6 Å². The highest BCUT2D eigenvalue weighted by atomic mass is 16.6. The number of benzene rings is 1. The van der Waals surface area contributed by atoms with Crippen molar-refractivity contribution in [3.63, 3.8) is 0 Å². The van der Waals surface area contributed by atoms with Gasteiger partial charge < -0.3 is 10.4 Å². The van der Waals surface area contributed by atoms with Gasteiger partial charge >= 0.3 is 5.69 Å². The summed E-state index contributed by atoms with van der Waals surface area (Å²) in [4.78, 5) is 14.3. The fraction of sp³-hybridized carbons (Fsp3) is 0.154. The van der Waals surface area contributed by atoms with Gasteiger partial charge in [-0.15, -0.1) is 0 Å². The molecule has 0 aliphatic rings. The van der Waals surface area contributed by atoms with Crippen LogP contribution in [0.5, 0.6) is 0 Å². The number of hydrogen-bond acceptors (Lipinski definition) is 5. The minimum absolute atomic E-state index is 0.0302. The lowest BCUT2D eigenvalue weighted by Crippen LogP contribution is -2.04. The highest BCUT2D eigenvalue weighted by molar-refractivity contribution is 5.55.